The minimum Gasteiger partial charge on any atom is -0.399 e. The van der Waals surface area contributed by atoms with Gasteiger partial charge in [0.1, 0.15) is 0 Å². The quantitative estimate of drug-likeness (QED) is 0.800. The molecule has 1 aliphatic heterocycles. The van der Waals surface area contributed by atoms with Crippen LogP contribution in [0.5, 0.6) is 0 Å². The first-order valence-corrected chi connectivity index (χ1v) is 6.14. The highest BCUT2D eigenvalue weighted by atomic mass is 19.4. The third-order valence-corrected chi connectivity index (χ3v) is 3.05. The molecule has 3 nitrogen and oxygen atoms in total. The highest BCUT2D eigenvalue weighted by molar-refractivity contribution is 5.59. The molecule has 1 aromatic rings. The molecule has 0 saturated carbocycles. The molecule has 1 aromatic carbocycles. The molecule has 0 aromatic heterocycles. The maximum absolute atomic E-state index is 12.8. The largest absolute Gasteiger partial charge is 0.416 e. The van der Waals surface area contributed by atoms with Gasteiger partial charge in [-0.2, -0.15) is 13.2 Å². The lowest BCUT2D eigenvalue weighted by molar-refractivity contribution is -0.137. The Kier molecular flexibility index (Phi) is 3.62. The Hall–Kier alpha value is -1.43. The Morgan fingerprint density at radius 3 is 2.26 bits per heavy atom. The zero-order valence-electron chi connectivity index (χ0n) is 10.9. The summed E-state index contributed by atoms with van der Waals surface area (Å²) < 4.78 is 43.9. The maximum atomic E-state index is 12.8. The Bertz CT molecular complexity index is 452. The molecule has 1 fully saturated rings. The van der Waals surface area contributed by atoms with Crippen molar-refractivity contribution in [2.75, 3.05) is 23.7 Å². The number of ether oxygens (including phenoxy) is 1. The van der Waals surface area contributed by atoms with Crippen LogP contribution in [0.1, 0.15) is 19.4 Å². The Morgan fingerprint density at radius 1 is 1.16 bits per heavy atom. The van der Waals surface area contributed by atoms with Crippen LogP contribution in [0.2, 0.25) is 0 Å². The fourth-order valence-electron chi connectivity index (χ4n) is 2.37. The molecular formula is C13H17F3N2O. The molecule has 1 aliphatic rings. The molecule has 0 bridgehead atoms. The summed E-state index contributed by atoms with van der Waals surface area (Å²) >= 11 is 0. The van der Waals surface area contributed by atoms with Gasteiger partial charge in [-0.05, 0) is 32.0 Å². The summed E-state index contributed by atoms with van der Waals surface area (Å²) in [6.45, 7) is 4.93. The molecule has 1 heterocycles. The minimum absolute atomic E-state index is 0.0143. The molecule has 2 rings (SSSR count). The first-order valence-electron chi connectivity index (χ1n) is 6.14. The molecular weight excluding hydrogens is 257 g/mol. The monoisotopic (exact) mass is 274 g/mol. The van der Waals surface area contributed by atoms with Crippen LogP contribution in [0.3, 0.4) is 0 Å². The van der Waals surface area contributed by atoms with Crippen molar-refractivity contribution in [3.63, 3.8) is 0 Å². The van der Waals surface area contributed by atoms with Gasteiger partial charge in [0.15, 0.2) is 0 Å². The van der Waals surface area contributed by atoms with Crippen LogP contribution < -0.4 is 10.6 Å². The second-order valence-corrected chi connectivity index (χ2v) is 4.97. The molecule has 6 heteroatoms. The molecule has 0 spiro atoms. The fraction of sp³-hybridized carbons (Fsp3) is 0.538. The van der Waals surface area contributed by atoms with Gasteiger partial charge in [-0.1, -0.05) is 0 Å². The molecule has 106 valence electrons. The maximum Gasteiger partial charge on any atom is 0.416 e. The molecule has 2 atom stereocenters. The number of hydrogen-bond donors (Lipinski definition) is 1. The van der Waals surface area contributed by atoms with E-state index in [4.69, 9.17) is 10.5 Å². The van der Waals surface area contributed by atoms with Gasteiger partial charge in [0.25, 0.3) is 0 Å². The average Bonchev–Trinajstić information content (AvgIpc) is 2.25. The van der Waals surface area contributed by atoms with Crippen LogP contribution in [0.15, 0.2) is 18.2 Å². The number of halogens is 3. The van der Waals surface area contributed by atoms with Gasteiger partial charge in [0.2, 0.25) is 0 Å². The standard InChI is InChI=1S/C13H17F3N2O/c1-8-6-18(7-9(2)19-8)12-4-10(13(14,15)16)3-11(17)5-12/h3-5,8-9H,6-7,17H2,1-2H3. The van der Waals surface area contributed by atoms with Crippen LogP contribution in [0.25, 0.3) is 0 Å². The smallest absolute Gasteiger partial charge is 0.399 e. The van der Waals surface area contributed by atoms with Crippen LogP contribution in [0.4, 0.5) is 24.5 Å². The van der Waals surface area contributed by atoms with Crippen molar-refractivity contribution >= 4 is 11.4 Å². The Morgan fingerprint density at radius 2 is 1.74 bits per heavy atom. The van der Waals surface area contributed by atoms with Gasteiger partial charge >= 0.3 is 6.18 Å². The highest BCUT2D eigenvalue weighted by Crippen LogP contribution is 2.34. The van der Waals surface area contributed by atoms with Crippen molar-refractivity contribution in [3.8, 4) is 0 Å². The lowest BCUT2D eigenvalue weighted by Crippen LogP contribution is -2.45. The number of rotatable bonds is 1. The van der Waals surface area contributed by atoms with Gasteiger partial charge in [-0.15, -0.1) is 0 Å². The number of nitrogen functional groups attached to an aromatic ring is 1. The average molecular weight is 274 g/mol. The molecule has 2 unspecified atom stereocenters. The predicted molar refractivity (Wildman–Crippen MR) is 68.1 cm³/mol. The minimum atomic E-state index is -4.38. The number of nitrogens with two attached hydrogens (primary N) is 1. The summed E-state index contributed by atoms with van der Waals surface area (Å²) in [4.78, 5) is 1.88. The van der Waals surface area contributed by atoms with E-state index in [1.807, 2.05) is 18.7 Å². The normalized spacial score (nSPS) is 24.6. The van der Waals surface area contributed by atoms with E-state index in [0.717, 1.165) is 12.1 Å². The van der Waals surface area contributed by atoms with Crippen LogP contribution >= 0.6 is 0 Å². The van der Waals surface area contributed by atoms with Gasteiger partial charge in [-0.25, -0.2) is 0 Å². The van der Waals surface area contributed by atoms with Gasteiger partial charge < -0.3 is 15.4 Å². The molecule has 0 radical (unpaired) electrons. The molecule has 2 N–H and O–H groups in total. The summed E-state index contributed by atoms with van der Waals surface area (Å²) in [7, 11) is 0. The second kappa shape index (κ2) is 4.92. The van der Waals surface area contributed by atoms with E-state index >= 15 is 0 Å². The fourth-order valence-corrected chi connectivity index (χ4v) is 2.37. The van der Waals surface area contributed by atoms with E-state index in [1.165, 1.54) is 0 Å². The highest BCUT2D eigenvalue weighted by Gasteiger charge is 2.32. The van der Waals surface area contributed by atoms with E-state index in [0.29, 0.717) is 18.8 Å². The number of morpholine rings is 1. The lowest BCUT2D eigenvalue weighted by atomic mass is 10.1. The summed E-state index contributed by atoms with van der Waals surface area (Å²) in [5.41, 5.74) is 5.48. The summed E-state index contributed by atoms with van der Waals surface area (Å²) in [6, 6.07) is 3.66. The lowest BCUT2D eigenvalue weighted by Gasteiger charge is -2.37. The molecule has 0 amide bonds. The van der Waals surface area contributed by atoms with Crippen LogP contribution in [-0.2, 0) is 10.9 Å². The van der Waals surface area contributed by atoms with Crippen molar-refractivity contribution in [3.05, 3.63) is 23.8 Å². The summed E-state index contributed by atoms with van der Waals surface area (Å²) in [6.07, 6.45) is -4.41. The molecule has 1 saturated heterocycles. The number of anilines is 2. The van der Waals surface area contributed by atoms with Crippen LogP contribution in [-0.4, -0.2) is 25.3 Å². The second-order valence-electron chi connectivity index (χ2n) is 4.97. The van der Waals surface area contributed by atoms with Crippen molar-refractivity contribution in [2.45, 2.75) is 32.2 Å². The number of nitrogens with zero attached hydrogens (tertiary/aromatic N) is 1. The topological polar surface area (TPSA) is 38.5 Å². The van der Waals surface area contributed by atoms with E-state index < -0.39 is 11.7 Å². The van der Waals surface area contributed by atoms with E-state index in [2.05, 4.69) is 0 Å². The third kappa shape index (κ3) is 3.32. The van der Waals surface area contributed by atoms with Crippen molar-refractivity contribution in [1.29, 1.82) is 0 Å². The van der Waals surface area contributed by atoms with Gasteiger partial charge in [0, 0.05) is 24.5 Å². The third-order valence-electron chi connectivity index (χ3n) is 3.05. The van der Waals surface area contributed by atoms with Gasteiger partial charge in [-0.3, -0.25) is 0 Å². The Labute approximate surface area is 110 Å². The van der Waals surface area contributed by atoms with Crippen LogP contribution in [0, 0.1) is 0 Å². The number of benzene rings is 1. The predicted octanol–water partition coefficient (Wildman–Crippen LogP) is 2.90. The van der Waals surface area contributed by atoms with E-state index in [1.54, 1.807) is 6.07 Å². The van der Waals surface area contributed by atoms with E-state index in [-0.39, 0.29) is 17.9 Å². The Balaban J connectivity index is 2.31. The number of alkyl halides is 3. The summed E-state index contributed by atoms with van der Waals surface area (Å²) in [5.74, 6) is 0. The molecule has 19 heavy (non-hydrogen) atoms. The summed E-state index contributed by atoms with van der Waals surface area (Å²) in [5, 5.41) is 0. The molecule has 0 aliphatic carbocycles. The SMILES string of the molecule is CC1CN(c2cc(N)cc(C(F)(F)F)c2)CC(C)O1. The van der Waals surface area contributed by atoms with Crippen molar-refractivity contribution in [2.24, 2.45) is 0 Å². The zero-order chi connectivity index (χ0) is 14.2. The first-order chi connectivity index (χ1) is 8.75. The van der Waals surface area contributed by atoms with Gasteiger partial charge in [0.05, 0.1) is 17.8 Å². The van der Waals surface area contributed by atoms with Crippen molar-refractivity contribution in [1.82, 2.24) is 0 Å². The zero-order valence-corrected chi connectivity index (χ0v) is 10.9. The first kappa shape index (κ1) is 14.0. The number of hydrogen-bond acceptors (Lipinski definition) is 3. The van der Waals surface area contributed by atoms with Crippen molar-refractivity contribution < 1.29 is 17.9 Å². The van der Waals surface area contributed by atoms with E-state index in [9.17, 15) is 13.2 Å².